The van der Waals surface area contributed by atoms with Crippen molar-refractivity contribution in [3.63, 3.8) is 0 Å². The van der Waals surface area contributed by atoms with Gasteiger partial charge in [0.1, 0.15) is 0 Å². The highest BCUT2D eigenvalue weighted by molar-refractivity contribution is 5.96. The van der Waals surface area contributed by atoms with E-state index >= 15 is 0 Å². The van der Waals surface area contributed by atoms with Gasteiger partial charge in [0.15, 0.2) is 5.43 Å². The van der Waals surface area contributed by atoms with Gasteiger partial charge in [0.2, 0.25) is 0 Å². The van der Waals surface area contributed by atoms with E-state index in [9.17, 15) is 4.79 Å². The second-order valence-electron chi connectivity index (χ2n) is 12.2. The van der Waals surface area contributed by atoms with Crippen LogP contribution in [0.25, 0.3) is 60.2 Å². The van der Waals surface area contributed by atoms with Crippen molar-refractivity contribution in [2.45, 2.75) is 0 Å². The molecule has 9 aromatic rings. The van der Waals surface area contributed by atoms with Crippen molar-refractivity contribution in [1.82, 2.24) is 4.57 Å². The summed E-state index contributed by atoms with van der Waals surface area (Å²) in [6.45, 7) is 0. The van der Waals surface area contributed by atoms with E-state index in [4.69, 9.17) is 0 Å². The molecule has 0 saturated carbocycles. The summed E-state index contributed by atoms with van der Waals surface area (Å²) < 4.78 is 2.20. The molecular formula is C45H30N2O. The highest BCUT2D eigenvalue weighted by Gasteiger charge is 2.15. The number of anilines is 3. The van der Waals surface area contributed by atoms with Crippen molar-refractivity contribution in [2.24, 2.45) is 0 Å². The van der Waals surface area contributed by atoms with Crippen LogP contribution in [0.5, 0.6) is 0 Å². The van der Waals surface area contributed by atoms with Crippen molar-refractivity contribution in [3.05, 3.63) is 192 Å². The molecule has 0 unspecified atom stereocenters. The number of para-hydroxylation sites is 2. The van der Waals surface area contributed by atoms with Gasteiger partial charge in [0.05, 0.1) is 11.0 Å². The van der Waals surface area contributed by atoms with E-state index in [-0.39, 0.29) is 5.43 Å². The van der Waals surface area contributed by atoms with Crippen LogP contribution in [0.15, 0.2) is 187 Å². The topological polar surface area (TPSA) is 25.2 Å². The smallest absolute Gasteiger partial charge is 0.197 e. The van der Waals surface area contributed by atoms with Crippen LogP contribution in [-0.4, -0.2) is 4.57 Å². The third kappa shape index (κ3) is 4.72. The molecule has 0 aliphatic carbocycles. The Labute approximate surface area is 278 Å². The summed E-state index contributed by atoms with van der Waals surface area (Å²) in [6.07, 6.45) is 0. The first-order valence-corrected chi connectivity index (χ1v) is 16.2. The third-order valence-electron chi connectivity index (χ3n) is 9.32. The van der Waals surface area contributed by atoms with Gasteiger partial charge in [-0.1, -0.05) is 109 Å². The molecular weight excluding hydrogens is 585 g/mol. The zero-order valence-corrected chi connectivity index (χ0v) is 26.1. The Morgan fingerprint density at radius 1 is 0.375 bits per heavy atom. The minimum absolute atomic E-state index is 0.0616. The second-order valence-corrected chi connectivity index (χ2v) is 12.2. The fraction of sp³-hybridized carbons (Fsp3) is 0. The molecule has 0 spiro atoms. The van der Waals surface area contributed by atoms with Crippen LogP contribution in [-0.2, 0) is 0 Å². The van der Waals surface area contributed by atoms with Gasteiger partial charge in [-0.05, 0) is 105 Å². The molecule has 3 nitrogen and oxygen atoms in total. The lowest BCUT2D eigenvalue weighted by Gasteiger charge is -2.26. The SMILES string of the molecule is O=c1c2ccccc2n(-c2cccc(-c3ccc(N(c4ccc5ccccc5c4)c4ccc5ccccc5c4)cc3)c2)c2ccccc12. The predicted molar refractivity (Wildman–Crippen MR) is 202 cm³/mol. The van der Waals surface area contributed by atoms with Crippen LogP contribution in [0.3, 0.4) is 0 Å². The van der Waals surface area contributed by atoms with Gasteiger partial charge >= 0.3 is 0 Å². The maximum Gasteiger partial charge on any atom is 0.197 e. The lowest BCUT2D eigenvalue weighted by atomic mass is 10.0. The molecule has 1 heterocycles. The lowest BCUT2D eigenvalue weighted by Crippen LogP contribution is -2.10. The fourth-order valence-electron chi connectivity index (χ4n) is 6.98. The fourth-order valence-corrected chi connectivity index (χ4v) is 6.98. The van der Waals surface area contributed by atoms with Crippen LogP contribution >= 0.6 is 0 Å². The highest BCUT2D eigenvalue weighted by Crippen LogP contribution is 2.38. The zero-order chi connectivity index (χ0) is 32.0. The Morgan fingerprint density at radius 2 is 0.875 bits per heavy atom. The minimum Gasteiger partial charge on any atom is -0.310 e. The van der Waals surface area contributed by atoms with Crippen molar-refractivity contribution >= 4 is 60.4 Å². The molecule has 9 rings (SSSR count). The molecule has 0 amide bonds. The Kier molecular flexibility index (Phi) is 6.62. The van der Waals surface area contributed by atoms with Gasteiger partial charge in [-0.15, -0.1) is 0 Å². The molecule has 0 saturated heterocycles. The van der Waals surface area contributed by atoms with Crippen LogP contribution in [0, 0.1) is 0 Å². The van der Waals surface area contributed by atoms with E-state index in [2.05, 4.69) is 143 Å². The molecule has 0 aliphatic heterocycles. The van der Waals surface area contributed by atoms with Crippen LogP contribution in [0.1, 0.15) is 0 Å². The lowest BCUT2D eigenvalue weighted by molar-refractivity contribution is 1.16. The summed E-state index contributed by atoms with van der Waals surface area (Å²) >= 11 is 0. The summed E-state index contributed by atoms with van der Waals surface area (Å²) in [4.78, 5) is 15.7. The third-order valence-corrected chi connectivity index (χ3v) is 9.32. The van der Waals surface area contributed by atoms with Crippen molar-refractivity contribution in [1.29, 1.82) is 0 Å². The van der Waals surface area contributed by atoms with Crippen molar-refractivity contribution in [3.8, 4) is 16.8 Å². The summed E-state index contributed by atoms with van der Waals surface area (Å²) in [6, 6.07) is 63.4. The standard InChI is InChI=1S/C45H30N2O/c48-45-41-16-5-7-18-43(41)47(44-19-8-6-17-42(44)45)38-15-9-14-36(28-38)33-20-24-37(25-21-33)46(39-26-22-31-10-1-3-12-34(31)29-39)40-27-23-32-11-2-4-13-35(32)30-40/h1-30H. The number of aromatic nitrogens is 1. The van der Waals surface area contributed by atoms with E-state index in [0.29, 0.717) is 10.8 Å². The van der Waals surface area contributed by atoms with Gasteiger partial charge in [-0.3, -0.25) is 4.79 Å². The zero-order valence-electron chi connectivity index (χ0n) is 26.1. The van der Waals surface area contributed by atoms with Crippen LogP contribution in [0.2, 0.25) is 0 Å². The highest BCUT2D eigenvalue weighted by atomic mass is 16.1. The van der Waals surface area contributed by atoms with Gasteiger partial charge < -0.3 is 9.47 Å². The van der Waals surface area contributed by atoms with E-state index in [1.165, 1.54) is 21.5 Å². The van der Waals surface area contributed by atoms with E-state index in [0.717, 1.165) is 44.9 Å². The Hall–Kier alpha value is -6.45. The van der Waals surface area contributed by atoms with Crippen molar-refractivity contribution < 1.29 is 0 Å². The molecule has 0 atom stereocenters. The van der Waals surface area contributed by atoms with Gasteiger partial charge in [0.25, 0.3) is 0 Å². The van der Waals surface area contributed by atoms with Crippen LogP contribution < -0.4 is 10.3 Å². The van der Waals surface area contributed by atoms with E-state index in [1.54, 1.807) is 0 Å². The molecule has 226 valence electrons. The number of benzene rings is 8. The number of pyridine rings is 1. The molecule has 0 bridgehead atoms. The molecule has 3 heteroatoms. The first-order valence-electron chi connectivity index (χ1n) is 16.2. The summed E-state index contributed by atoms with van der Waals surface area (Å²) in [7, 11) is 0. The molecule has 0 fully saturated rings. The number of hydrogen-bond acceptors (Lipinski definition) is 2. The molecule has 48 heavy (non-hydrogen) atoms. The molecule has 0 N–H and O–H groups in total. The largest absolute Gasteiger partial charge is 0.310 e. The monoisotopic (exact) mass is 614 g/mol. The second kappa shape index (κ2) is 11.4. The maximum absolute atomic E-state index is 13.4. The van der Waals surface area contributed by atoms with Crippen molar-refractivity contribution in [2.75, 3.05) is 4.90 Å². The van der Waals surface area contributed by atoms with Crippen LogP contribution in [0.4, 0.5) is 17.1 Å². The van der Waals surface area contributed by atoms with Gasteiger partial charge in [-0.25, -0.2) is 0 Å². The minimum atomic E-state index is 0.0616. The van der Waals surface area contributed by atoms with Gasteiger partial charge in [0, 0.05) is 33.5 Å². The quantitative estimate of drug-likeness (QED) is 0.180. The molecule has 8 aromatic carbocycles. The Balaban J connectivity index is 1.16. The average molecular weight is 615 g/mol. The average Bonchev–Trinajstić information content (AvgIpc) is 3.15. The number of nitrogens with zero attached hydrogens (tertiary/aromatic N) is 2. The Morgan fingerprint density at radius 3 is 1.46 bits per heavy atom. The van der Waals surface area contributed by atoms with E-state index < -0.39 is 0 Å². The molecule has 0 radical (unpaired) electrons. The number of hydrogen-bond donors (Lipinski definition) is 0. The van der Waals surface area contributed by atoms with Gasteiger partial charge in [-0.2, -0.15) is 0 Å². The molecule has 1 aromatic heterocycles. The number of rotatable bonds is 5. The number of fused-ring (bicyclic) bond motifs is 4. The molecule has 0 aliphatic rings. The first kappa shape index (κ1) is 27.8. The maximum atomic E-state index is 13.4. The first-order chi connectivity index (χ1) is 23.7. The normalized spacial score (nSPS) is 11.4. The predicted octanol–water partition coefficient (Wildman–Crippen LogP) is 11.6. The summed E-state index contributed by atoms with van der Waals surface area (Å²) in [5.41, 5.74) is 8.39. The Bertz CT molecular complexity index is 2570. The summed E-state index contributed by atoms with van der Waals surface area (Å²) in [5.74, 6) is 0. The van der Waals surface area contributed by atoms with E-state index in [1.807, 2.05) is 48.5 Å². The summed E-state index contributed by atoms with van der Waals surface area (Å²) in [5, 5.41) is 6.28.